The highest BCUT2D eigenvalue weighted by Gasteiger charge is 2.30. The lowest BCUT2D eigenvalue weighted by atomic mass is 9.90. The van der Waals surface area contributed by atoms with Crippen molar-refractivity contribution < 1.29 is 23.8 Å². The number of halogens is 1. The van der Waals surface area contributed by atoms with Crippen molar-refractivity contribution in [1.29, 1.82) is 0 Å². The van der Waals surface area contributed by atoms with Crippen LogP contribution in [0.3, 0.4) is 0 Å². The lowest BCUT2D eigenvalue weighted by molar-refractivity contribution is 0.0173. The number of rotatable bonds is 8. The number of aromatic nitrogens is 7. The van der Waals surface area contributed by atoms with E-state index in [1.807, 2.05) is 70.0 Å². The molecular formula is C42H53BrN10O5. The zero-order valence-electron chi connectivity index (χ0n) is 34.2. The van der Waals surface area contributed by atoms with Crippen LogP contribution < -0.4 is 20.1 Å². The number of nitrogens with zero attached hydrogens (tertiary/aromatic N) is 8. The summed E-state index contributed by atoms with van der Waals surface area (Å²) in [6.45, 7) is 5.68. The number of fused-ring (bicyclic) bond motifs is 3. The van der Waals surface area contributed by atoms with Crippen LogP contribution in [0.15, 0.2) is 65.8 Å². The average molecular weight is 858 g/mol. The molecule has 0 spiro atoms. The van der Waals surface area contributed by atoms with Gasteiger partial charge in [0.1, 0.15) is 22.8 Å². The topological polar surface area (TPSA) is 155 Å². The van der Waals surface area contributed by atoms with E-state index in [0.717, 1.165) is 83.4 Å². The van der Waals surface area contributed by atoms with Crippen LogP contribution in [0.4, 0.5) is 10.5 Å². The van der Waals surface area contributed by atoms with Gasteiger partial charge in [0.25, 0.3) is 5.91 Å². The molecule has 0 radical (unpaired) electrons. The number of nitrogens with one attached hydrogen (secondary N) is 2. The van der Waals surface area contributed by atoms with Gasteiger partial charge in [0.05, 0.1) is 53.6 Å². The summed E-state index contributed by atoms with van der Waals surface area (Å²) in [5.74, 6) is 0.996. The molecule has 4 heterocycles. The fraction of sp³-hybridized carbons (Fsp3) is 0.476. The van der Waals surface area contributed by atoms with Crippen LogP contribution in [0.5, 0.6) is 11.5 Å². The summed E-state index contributed by atoms with van der Waals surface area (Å²) in [5, 5.41) is 22.0. The van der Waals surface area contributed by atoms with Crippen molar-refractivity contribution in [2.45, 2.75) is 102 Å². The average Bonchev–Trinajstić information content (AvgIpc) is 3.96. The predicted octanol–water partition coefficient (Wildman–Crippen LogP) is 8.20. The molecular weight excluding hydrogens is 804 g/mol. The summed E-state index contributed by atoms with van der Waals surface area (Å²) in [6.07, 6.45) is 17.3. The Hall–Kier alpha value is -5.22. The third kappa shape index (κ3) is 9.07. The Morgan fingerprint density at radius 1 is 0.862 bits per heavy atom. The van der Waals surface area contributed by atoms with Gasteiger partial charge in [-0.25, -0.2) is 14.3 Å². The zero-order chi connectivity index (χ0) is 41.1. The van der Waals surface area contributed by atoms with Crippen molar-refractivity contribution in [1.82, 2.24) is 44.4 Å². The highest BCUT2D eigenvalue weighted by molar-refractivity contribution is 9.10. The van der Waals surface area contributed by atoms with Crippen molar-refractivity contribution >= 4 is 61.1 Å². The van der Waals surface area contributed by atoms with Gasteiger partial charge in [-0.1, -0.05) is 0 Å². The Bertz CT molecular complexity index is 2380. The van der Waals surface area contributed by atoms with E-state index in [0.29, 0.717) is 40.8 Å². The van der Waals surface area contributed by atoms with Crippen LogP contribution >= 0.6 is 15.9 Å². The van der Waals surface area contributed by atoms with Crippen molar-refractivity contribution in [2.75, 3.05) is 33.6 Å². The normalized spacial score (nSPS) is 19.7. The summed E-state index contributed by atoms with van der Waals surface area (Å²) < 4.78 is 23.0. The third-order valence-electron chi connectivity index (χ3n) is 11.2. The highest BCUT2D eigenvalue weighted by atomic mass is 79.9. The monoisotopic (exact) mass is 856 g/mol. The Kier molecular flexibility index (Phi) is 12.2. The lowest BCUT2D eigenvalue weighted by Crippen LogP contribution is -2.42. The van der Waals surface area contributed by atoms with Gasteiger partial charge >= 0.3 is 6.09 Å². The van der Waals surface area contributed by atoms with Crippen LogP contribution in [0.25, 0.3) is 27.5 Å². The molecule has 0 atom stereocenters. The Morgan fingerprint density at radius 3 is 2.07 bits per heavy atom. The minimum atomic E-state index is -0.465. The van der Waals surface area contributed by atoms with Gasteiger partial charge in [0, 0.05) is 66.8 Å². The summed E-state index contributed by atoms with van der Waals surface area (Å²) >= 11 is 3.53. The number of carbonyl (C=O) groups excluding carboxylic acids is 2. The Labute approximate surface area is 346 Å². The molecule has 0 saturated heterocycles. The first-order valence-electron chi connectivity index (χ1n) is 19.9. The van der Waals surface area contributed by atoms with E-state index in [4.69, 9.17) is 24.4 Å². The van der Waals surface area contributed by atoms with Gasteiger partial charge in [0.15, 0.2) is 5.65 Å². The van der Waals surface area contributed by atoms with Gasteiger partial charge in [-0.15, -0.1) is 0 Å². The van der Waals surface area contributed by atoms with Crippen LogP contribution in [0, 0.1) is 0 Å². The summed E-state index contributed by atoms with van der Waals surface area (Å²) in [5.41, 5.74) is 2.87. The molecule has 2 aromatic carbocycles. The predicted molar refractivity (Wildman–Crippen MR) is 227 cm³/mol. The molecule has 15 nitrogen and oxygen atoms in total. The van der Waals surface area contributed by atoms with E-state index in [1.165, 1.54) is 0 Å². The molecule has 2 saturated carbocycles. The number of ether oxygens (including phenoxy) is 3. The van der Waals surface area contributed by atoms with E-state index in [9.17, 15) is 9.59 Å². The van der Waals surface area contributed by atoms with E-state index in [-0.39, 0.29) is 18.0 Å². The van der Waals surface area contributed by atoms with Crippen molar-refractivity contribution in [3.05, 3.63) is 71.4 Å². The SMILES string of the molecule is CNC1CCC(n2cc3cc(C(=O)Nc4cnn5cccnc45)c(OC)cc3n2)CC1.COc1cc2nn(C3CCC(N(C)C(=O)OC(C)(C)C)CC3)cc2cc1Br. The quantitative estimate of drug-likeness (QED) is 0.153. The minimum Gasteiger partial charge on any atom is -0.496 e. The van der Waals surface area contributed by atoms with E-state index >= 15 is 0 Å². The number of amides is 2. The van der Waals surface area contributed by atoms with E-state index < -0.39 is 5.60 Å². The maximum atomic E-state index is 13.1. The first-order valence-corrected chi connectivity index (χ1v) is 20.7. The fourth-order valence-electron chi connectivity index (χ4n) is 7.92. The molecule has 6 aromatic rings. The number of benzene rings is 2. The lowest BCUT2D eigenvalue weighted by Gasteiger charge is -2.35. The smallest absolute Gasteiger partial charge is 0.410 e. The molecule has 8 rings (SSSR count). The second-order valence-electron chi connectivity index (χ2n) is 16.1. The Morgan fingerprint density at radius 2 is 1.47 bits per heavy atom. The molecule has 2 aliphatic carbocycles. The van der Waals surface area contributed by atoms with Crippen molar-refractivity contribution in [3.63, 3.8) is 0 Å². The second kappa shape index (κ2) is 17.3. The van der Waals surface area contributed by atoms with Crippen LogP contribution in [0.1, 0.15) is 94.6 Å². The fourth-order valence-corrected chi connectivity index (χ4v) is 8.44. The first-order chi connectivity index (χ1) is 27.8. The molecule has 308 valence electrons. The second-order valence-corrected chi connectivity index (χ2v) is 17.0. The largest absolute Gasteiger partial charge is 0.496 e. The molecule has 2 N–H and O–H groups in total. The molecule has 2 amide bonds. The van der Waals surface area contributed by atoms with Gasteiger partial charge < -0.3 is 29.7 Å². The minimum absolute atomic E-state index is 0.218. The molecule has 16 heteroatoms. The van der Waals surface area contributed by atoms with Gasteiger partial charge in [-0.2, -0.15) is 15.3 Å². The summed E-state index contributed by atoms with van der Waals surface area (Å²) in [4.78, 5) is 31.4. The number of hydrogen-bond acceptors (Lipinski definition) is 10. The van der Waals surface area contributed by atoms with Crippen LogP contribution in [-0.2, 0) is 4.74 Å². The number of methoxy groups -OCH3 is 2. The van der Waals surface area contributed by atoms with Gasteiger partial charge in [-0.05, 0) is 113 Å². The molecule has 0 bridgehead atoms. The van der Waals surface area contributed by atoms with Crippen LogP contribution in [-0.4, -0.2) is 97.1 Å². The maximum absolute atomic E-state index is 13.1. The number of carbonyl (C=O) groups is 2. The molecule has 4 aromatic heterocycles. The molecule has 0 unspecified atom stereocenters. The number of hydrogen-bond donors (Lipinski definition) is 2. The Balaban J connectivity index is 0.000000179. The van der Waals surface area contributed by atoms with E-state index in [1.54, 1.807) is 48.3 Å². The molecule has 2 aliphatic rings. The molecule has 2 fully saturated rings. The number of anilines is 1. The van der Waals surface area contributed by atoms with Crippen molar-refractivity contribution in [2.24, 2.45) is 0 Å². The molecule has 0 aliphatic heterocycles. The standard InChI is InChI=1S/C22H25N7O2.C20H28BrN3O3/c1-23-15-4-6-16(7-5-15)29-13-14-10-17(20(31-2)11-18(14)27-29)22(30)26-19-12-25-28-9-3-8-24-21(19)28;1-20(2,3)27-19(25)23(4)14-6-8-15(9-7-14)24-12-13-10-16(21)18(26-5)11-17(13)22-24/h3,8-13,15-16,23H,4-7H2,1-2H3,(H,26,30);10-12,14-15H,6-9H2,1-5H3. The first kappa shape index (κ1) is 41.0. The molecule has 58 heavy (non-hydrogen) atoms. The van der Waals surface area contributed by atoms with Gasteiger partial charge in [0.2, 0.25) is 0 Å². The zero-order valence-corrected chi connectivity index (χ0v) is 35.8. The third-order valence-corrected chi connectivity index (χ3v) is 11.8. The maximum Gasteiger partial charge on any atom is 0.410 e. The summed E-state index contributed by atoms with van der Waals surface area (Å²) in [6, 6.07) is 11.0. The highest BCUT2D eigenvalue weighted by Crippen LogP contribution is 2.35. The van der Waals surface area contributed by atoms with E-state index in [2.05, 4.69) is 47.5 Å². The van der Waals surface area contributed by atoms with Crippen LogP contribution in [0.2, 0.25) is 0 Å². The van der Waals surface area contributed by atoms with Crippen molar-refractivity contribution in [3.8, 4) is 11.5 Å². The van der Waals surface area contributed by atoms with Gasteiger partial charge in [-0.3, -0.25) is 14.2 Å². The summed E-state index contributed by atoms with van der Waals surface area (Å²) in [7, 11) is 7.08.